The van der Waals surface area contributed by atoms with Crippen LogP contribution in [-0.4, -0.2) is 30.4 Å². The van der Waals surface area contributed by atoms with Crippen LogP contribution < -0.4 is 10.6 Å². The molecule has 0 bridgehead atoms. The summed E-state index contributed by atoms with van der Waals surface area (Å²) in [6.07, 6.45) is 0.172. The molecule has 0 heterocycles. The van der Waals surface area contributed by atoms with Gasteiger partial charge in [0, 0.05) is 16.6 Å². The third-order valence-electron chi connectivity index (χ3n) is 3.17. The number of hydrogen-bond acceptors (Lipinski definition) is 4. The van der Waals surface area contributed by atoms with Crippen LogP contribution in [0.15, 0.2) is 28.7 Å². The van der Waals surface area contributed by atoms with E-state index in [2.05, 4.69) is 26.6 Å². The lowest BCUT2D eigenvalue weighted by Gasteiger charge is -2.14. The number of amides is 2. The second-order valence-corrected chi connectivity index (χ2v) is 6.75. The normalized spacial score (nSPS) is 11.7. The molecular weight excluding hydrogens is 376 g/mol. The highest BCUT2D eigenvalue weighted by atomic mass is 79.9. The predicted octanol–water partition coefficient (Wildman–Crippen LogP) is 2.87. The summed E-state index contributed by atoms with van der Waals surface area (Å²) >= 11 is 3.30. The fourth-order valence-corrected chi connectivity index (χ4v) is 2.01. The summed E-state index contributed by atoms with van der Waals surface area (Å²) in [7, 11) is 0. The maximum atomic E-state index is 12.0. The van der Waals surface area contributed by atoms with E-state index >= 15 is 0 Å². The molecule has 6 nitrogen and oxygen atoms in total. The Morgan fingerprint density at radius 2 is 1.75 bits per heavy atom. The lowest BCUT2D eigenvalue weighted by molar-refractivity contribution is -0.152. The van der Waals surface area contributed by atoms with Gasteiger partial charge in [0.2, 0.25) is 5.91 Å². The molecule has 0 aliphatic heterocycles. The monoisotopic (exact) mass is 398 g/mol. The Balaban J connectivity index is 2.33. The molecule has 0 saturated carbocycles. The molecule has 132 valence electrons. The van der Waals surface area contributed by atoms with Gasteiger partial charge in [-0.3, -0.25) is 14.4 Å². The molecule has 1 atom stereocenters. The number of nitrogens with one attached hydrogen (secondary N) is 2. The highest BCUT2D eigenvalue weighted by Gasteiger charge is 2.18. The van der Waals surface area contributed by atoms with Gasteiger partial charge in [-0.1, -0.05) is 29.8 Å². The minimum Gasteiger partial charge on any atom is -0.451 e. The average Bonchev–Trinajstić information content (AvgIpc) is 2.53. The lowest BCUT2D eigenvalue weighted by Crippen LogP contribution is -2.35. The van der Waals surface area contributed by atoms with Gasteiger partial charge in [0.05, 0.1) is 0 Å². The van der Waals surface area contributed by atoms with Crippen molar-refractivity contribution in [3.05, 3.63) is 28.7 Å². The van der Waals surface area contributed by atoms with Gasteiger partial charge < -0.3 is 15.4 Å². The number of hydrogen-bond donors (Lipinski definition) is 2. The standard InChI is InChI=1S/C17H23BrN2O4/c1-11(2)4-9-15(21)19-10-16(22)24-12(3)17(23)20-14-7-5-13(18)6-8-14/h5-8,11-12H,4,9-10H2,1-3H3,(H,19,21)(H,20,23). The van der Waals surface area contributed by atoms with Crippen molar-refractivity contribution in [2.24, 2.45) is 5.92 Å². The summed E-state index contributed by atoms with van der Waals surface area (Å²) in [5.74, 6) is -0.860. The molecule has 2 amide bonds. The number of ether oxygens (including phenoxy) is 1. The number of rotatable bonds is 8. The Morgan fingerprint density at radius 3 is 2.33 bits per heavy atom. The fraction of sp³-hybridized carbons (Fsp3) is 0.471. The largest absolute Gasteiger partial charge is 0.451 e. The number of carbonyl (C=O) groups excluding carboxylic acids is 3. The number of anilines is 1. The summed E-state index contributed by atoms with van der Waals surface area (Å²) < 4.78 is 5.91. The van der Waals surface area contributed by atoms with Crippen LogP contribution in [0.5, 0.6) is 0 Å². The zero-order valence-electron chi connectivity index (χ0n) is 14.1. The molecular formula is C17H23BrN2O4. The quantitative estimate of drug-likeness (QED) is 0.659. The van der Waals surface area contributed by atoms with Gasteiger partial charge in [0.1, 0.15) is 6.54 Å². The summed E-state index contributed by atoms with van der Waals surface area (Å²) in [5.41, 5.74) is 0.605. The third-order valence-corrected chi connectivity index (χ3v) is 3.70. The molecule has 7 heteroatoms. The van der Waals surface area contributed by atoms with Crippen LogP contribution in [0, 0.1) is 5.92 Å². The Labute approximate surface area is 150 Å². The molecule has 0 aromatic heterocycles. The topological polar surface area (TPSA) is 84.5 Å². The fourth-order valence-electron chi connectivity index (χ4n) is 1.75. The van der Waals surface area contributed by atoms with Crippen molar-refractivity contribution >= 4 is 39.4 Å². The molecule has 0 aliphatic rings. The van der Waals surface area contributed by atoms with E-state index in [-0.39, 0.29) is 12.5 Å². The van der Waals surface area contributed by atoms with E-state index in [4.69, 9.17) is 4.74 Å². The molecule has 0 radical (unpaired) electrons. The van der Waals surface area contributed by atoms with E-state index in [1.807, 2.05) is 13.8 Å². The van der Waals surface area contributed by atoms with Crippen LogP contribution in [0.4, 0.5) is 5.69 Å². The molecule has 1 aromatic rings. The highest BCUT2D eigenvalue weighted by molar-refractivity contribution is 9.10. The summed E-state index contributed by atoms with van der Waals surface area (Å²) in [5, 5.41) is 5.14. The molecule has 24 heavy (non-hydrogen) atoms. The molecule has 1 unspecified atom stereocenters. The molecule has 0 fully saturated rings. The maximum Gasteiger partial charge on any atom is 0.326 e. The molecule has 0 saturated heterocycles. The Bertz CT molecular complexity index is 572. The van der Waals surface area contributed by atoms with Crippen molar-refractivity contribution in [1.29, 1.82) is 0 Å². The first-order valence-corrected chi connectivity index (χ1v) is 8.60. The van der Waals surface area contributed by atoms with Crippen molar-refractivity contribution in [3.63, 3.8) is 0 Å². The van der Waals surface area contributed by atoms with Crippen molar-refractivity contribution < 1.29 is 19.1 Å². The third kappa shape index (κ3) is 8.10. The number of halogens is 1. The first kappa shape index (κ1) is 20.2. The first-order chi connectivity index (χ1) is 11.3. The van der Waals surface area contributed by atoms with Gasteiger partial charge in [-0.05, 0) is 43.5 Å². The van der Waals surface area contributed by atoms with E-state index in [1.54, 1.807) is 24.3 Å². The van der Waals surface area contributed by atoms with Crippen molar-refractivity contribution in [3.8, 4) is 0 Å². The second kappa shape index (κ2) is 10.1. The summed E-state index contributed by atoms with van der Waals surface area (Å²) in [6.45, 7) is 5.28. The van der Waals surface area contributed by atoms with E-state index < -0.39 is 18.0 Å². The smallest absolute Gasteiger partial charge is 0.326 e. The van der Waals surface area contributed by atoms with Gasteiger partial charge in [-0.25, -0.2) is 0 Å². The van der Waals surface area contributed by atoms with Crippen LogP contribution in [0.25, 0.3) is 0 Å². The van der Waals surface area contributed by atoms with E-state index in [9.17, 15) is 14.4 Å². The second-order valence-electron chi connectivity index (χ2n) is 5.84. The van der Waals surface area contributed by atoms with Gasteiger partial charge in [0.25, 0.3) is 5.91 Å². The van der Waals surface area contributed by atoms with Gasteiger partial charge in [-0.2, -0.15) is 0 Å². The summed E-state index contributed by atoms with van der Waals surface area (Å²) in [4.78, 5) is 35.2. The summed E-state index contributed by atoms with van der Waals surface area (Å²) in [6, 6.07) is 7.04. The number of esters is 1. The lowest BCUT2D eigenvalue weighted by atomic mass is 10.1. The van der Waals surface area contributed by atoms with Crippen LogP contribution in [-0.2, 0) is 19.1 Å². The number of benzene rings is 1. The molecule has 1 aromatic carbocycles. The molecule has 1 rings (SSSR count). The Morgan fingerprint density at radius 1 is 1.12 bits per heavy atom. The predicted molar refractivity (Wildman–Crippen MR) is 95.4 cm³/mol. The van der Waals surface area contributed by atoms with E-state index in [1.165, 1.54) is 6.92 Å². The zero-order chi connectivity index (χ0) is 18.1. The van der Waals surface area contributed by atoms with Gasteiger partial charge in [0.15, 0.2) is 6.10 Å². The van der Waals surface area contributed by atoms with Gasteiger partial charge >= 0.3 is 5.97 Å². The minimum atomic E-state index is -0.950. The van der Waals surface area contributed by atoms with Crippen LogP contribution >= 0.6 is 15.9 Å². The molecule has 2 N–H and O–H groups in total. The van der Waals surface area contributed by atoms with E-state index in [0.29, 0.717) is 18.0 Å². The van der Waals surface area contributed by atoms with E-state index in [0.717, 1.165) is 10.9 Å². The number of carbonyl (C=O) groups is 3. The zero-order valence-corrected chi connectivity index (χ0v) is 15.7. The average molecular weight is 399 g/mol. The first-order valence-electron chi connectivity index (χ1n) is 7.80. The van der Waals surface area contributed by atoms with Crippen LogP contribution in [0.3, 0.4) is 0 Å². The highest BCUT2D eigenvalue weighted by Crippen LogP contribution is 2.14. The minimum absolute atomic E-state index is 0.201. The van der Waals surface area contributed by atoms with Crippen LogP contribution in [0.2, 0.25) is 0 Å². The maximum absolute atomic E-state index is 12.0. The molecule has 0 spiro atoms. The van der Waals surface area contributed by atoms with Crippen molar-refractivity contribution in [2.45, 2.75) is 39.7 Å². The Kier molecular flexibility index (Phi) is 8.46. The SMILES string of the molecule is CC(C)CCC(=O)NCC(=O)OC(C)C(=O)Nc1ccc(Br)cc1. The Hall–Kier alpha value is -1.89. The van der Waals surface area contributed by atoms with Gasteiger partial charge in [-0.15, -0.1) is 0 Å². The van der Waals surface area contributed by atoms with Crippen LogP contribution in [0.1, 0.15) is 33.6 Å². The van der Waals surface area contributed by atoms with Crippen molar-refractivity contribution in [1.82, 2.24) is 5.32 Å². The van der Waals surface area contributed by atoms with Crippen molar-refractivity contribution in [2.75, 3.05) is 11.9 Å². The molecule has 0 aliphatic carbocycles.